The Bertz CT molecular complexity index is 950. The maximum absolute atomic E-state index is 13.9. The van der Waals surface area contributed by atoms with Crippen molar-refractivity contribution in [3.63, 3.8) is 0 Å². The Hall–Kier alpha value is -2.84. The van der Waals surface area contributed by atoms with Gasteiger partial charge < -0.3 is 14.8 Å². The van der Waals surface area contributed by atoms with E-state index in [4.69, 9.17) is 21.7 Å². The quantitative estimate of drug-likeness (QED) is 0.437. The summed E-state index contributed by atoms with van der Waals surface area (Å²) in [5, 5.41) is 3.39. The highest BCUT2D eigenvalue weighted by atomic mass is 32.1. The van der Waals surface area contributed by atoms with Crippen molar-refractivity contribution in [1.29, 1.82) is 0 Å². The fraction of sp³-hybridized carbons (Fsp3) is 0.238. The number of carbonyl (C=O) groups is 1. The number of esters is 1. The zero-order valence-electron chi connectivity index (χ0n) is 15.9. The van der Waals surface area contributed by atoms with E-state index in [1.807, 2.05) is 30.3 Å². The van der Waals surface area contributed by atoms with Crippen LogP contribution in [0.5, 0.6) is 0 Å². The van der Waals surface area contributed by atoms with Crippen molar-refractivity contribution in [3.8, 4) is 0 Å². The fourth-order valence-corrected chi connectivity index (χ4v) is 3.49. The maximum atomic E-state index is 13.9. The molecule has 29 heavy (non-hydrogen) atoms. The Morgan fingerprint density at radius 1 is 1.14 bits per heavy atom. The lowest BCUT2D eigenvalue weighted by atomic mass is 9.94. The minimum absolute atomic E-state index is 0.0619. The van der Waals surface area contributed by atoms with Crippen molar-refractivity contribution >= 4 is 29.0 Å². The monoisotopic (exact) mass is 418 g/mol. The van der Waals surface area contributed by atoms with E-state index in [0.717, 1.165) is 17.8 Å². The van der Waals surface area contributed by atoms with Crippen molar-refractivity contribution in [3.05, 3.63) is 77.0 Å². The Balaban J connectivity index is 2.07. The molecule has 5 nitrogen and oxygen atoms in total. The summed E-state index contributed by atoms with van der Waals surface area (Å²) in [5.74, 6) is -2.57. The predicted molar refractivity (Wildman–Crippen MR) is 109 cm³/mol. The molecule has 0 aliphatic carbocycles. The number of halogens is 2. The van der Waals surface area contributed by atoms with Crippen LogP contribution in [0.25, 0.3) is 0 Å². The lowest BCUT2D eigenvalue weighted by Crippen LogP contribution is -2.48. The molecule has 152 valence electrons. The van der Waals surface area contributed by atoms with Gasteiger partial charge in [0.1, 0.15) is 6.61 Å². The third-order valence-electron chi connectivity index (χ3n) is 4.52. The number of ether oxygens (including phenoxy) is 2. The fourth-order valence-electron chi connectivity index (χ4n) is 3.13. The summed E-state index contributed by atoms with van der Waals surface area (Å²) in [7, 11) is 1.50. The molecule has 1 N–H and O–H groups in total. The molecule has 2 aromatic rings. The van der Waals surface area contributed by atoms with Crippen LogP contribution >= 0.6 is 12.2 Å². The number of carbonyl (C=O) groups excluding carboxylic acids is 1. The zero-order valence-corrected chi connectivity index (χ0v) is 16.8. The zero-order chi connectivity index (χ0) is 21.0. The lowest BCUT2D eigenvalue weighted by molar-refractivity contribution is -0.140. The second-order valence-electron chi connectivity index (χ2n) is 6.35. The molecular formula is C21H20F2N2O3S. The van der Waals surface area contributed by atoms with Gasteiger partial charge in [-0.2, -0.15) is 0 Å². The van der Waals surface area contributed by atoms with Crippen molar-refractivity contribution in [1.82, 2.24) is 5.32 Å². The number of anilines is 1. The highest BCUT2D eigenvalue weighted by Gasteiger charge is 2.35. The van der Waals surface area contributed by atoms with Gasteiger partial charge in [-0.1, -0.05) is 24.3 Å². The summed E-state index contributed by atoms with van der Waals surface area (Å²) in [6.07, 6.45) is 0. The summed E-state index contributed by atoms with van der Waals surface area (Å²) in [5.41, 5.74) is 1.91. The highest BCUT2D eigenvalue weighted by molar-refractivity contribution is 7.80. The molecule has 2 aromatic carbocycles. The average molecular weight is 418 g/mol. The SMILES string of the molecule is COCCOC(=O)C1=C(C)N(c2ccccc2)C(=S)N[C@@H]1c1ccc(F)c(F)c1. The molecule has 0 saturated heterocycles. The molecule has 0 aromatic heterocycles. The first-order valence-electron chi connectivity index (χ1n) is 8.91. The average Bonchev–Trinajstić information content (AvgIpc) is 2.70. The van der Waals surface area contributed by atoms with Crippen LogP contribution in [0.4, 0.5) is 14.5 Å². The third kappa shape index (κ3) is 4.44. The van der Waals surface area contributed by atoms with Crippen LogP contribution in [-0.2, 0) is 14.3 Å². The van der Waals surface area contributed by atoms with Crippen molar-refractivity contribution in [2.75, 3.05) is 25.2 Å². The van der Waals surface area contributed by atoms with Crippen molar-refractivity contribution in [2.24, 2.45) is 0 Å². The van der Waals surface area contributed by atoms with Gasteiger partial charge in [0.25, 0.3) is 0 Å². The first-order chi connectivity index (χ1) is 13.9. The van der Waals surface area contributed by atoms with E-state index in [0.29, 0.717) is 16.4 Å². The molecule has 0 amide bonds. The second-order valence-corrected chi connectivity index (χ2v) is 6.74. The molecule has 0 unspecified atom stereocenters. The smallest absolute Gasteiger partial charge is 0.338 e. The van der Waals surface area contributed by atoms with Crippen LogP contribution in [0.3, 0.4) is 0 Å². The number of benzene rings is 2. The number of methoxy groups -OCH3 is 1. The van der Waals surface area contributed by atoms with Gasteiger partial charge >= 0.3 is 5.97 Å². The summed E-state index contributed by atoms with van der Waals surface area (Å²) in [6.45, 7) is 2.04. The maximum Gasteiger partial charge on any atom is 0.338 e. The number of nitrogens with zero attached hydrogens (tertiary/aromatic N) is 1. The Kier molecular flexibility index (Phi) is 6.56. The standard InChI is InChI=1S/C21H20F2N2O3S/c1-13-18(20(26)28-11-10-27-2)19(14-8-9-16(22)17(23)12-14)24-21(29)25(13)15-6-4-3-5-7-15/h3-9,12,19H,10-11H2,1-2H3,(H,24,29)/t19-/m1/s1. The molecule has 0 saturated carbocycles. The summed E-state index contributed by atoms with van der Waals surface area (Å²) < 4.78 is 37.5. The predicted octanol–water partition coefficient (Wildman–Crippen LogP) is 3.86. The van der Waals surface area contributed by atoms with Gasteiger partial charge in [-0.3, -0.25) is 4.90 Å². The molecule has 0 bridgehead atoms. The van der Waals surface area contributed by atoms with E-state index in [1.54, 1.807) is 11.8 Å². The Morgan fingerprint density at radius 2 is 1.86 bits per heavy atom. The van der Waals surface area contributed by atoms with Gasteiger partial charge in [-0.15, -0.1) is 0 Å². The first-order valence-corrected chi connectivity index (χ1v) is 9.32. The topological polar surface area (TPSA) is 50.8 Å². The molecule has 0 spiro atoms. The molecule has 1 aliphatic heterocycles. The van der Waals surface area contributed by atoms with Gasteiger partial charge in [-0.25, -0.2) is 13.6 Å². The molecular weight excluding hydrogens is 398 g/mol. The van der Waals surface area contributed by atoms with E-state index in [-0.39, 0.29) is 18.8 Å². The molecule has 1 heterocycles. The Morgan fingerprint density at radius 3 is 2.52 bits per heavy atom. The molecule has 3 rings (SSSR count). The van der Waals surface area contributed by atoms with Gasteiger partial charge in [-0.05, 0) is 49.0 Å². The van der Waals surface area contributed by atoms with Gasteiger partial charge in [0.05, 0.1) is 18.2 Å². The van der Waals surface area contributed by atoms with Gasteiger partial charge in [0.2, 0.25) is 0 Å². The van der Waals surface area contributed by atoms with E-state index in [1.165, 1.54) is 13.2 Å². The van der Waals surface area contributed by atoms with Crippen LogP contribution in [0.15, 0.2) is 59.8 Å². The van der Waals surface area contributed by atoms with Crippen LogP contribution in [0, 0.1) is 11.6 Å². The van der Waals surface area contributed by atoms with Crippen molar-refractivity contribution < 1.29 is 23.0 Å². The highest BCUT2D eigenvalue weighted by Crippen LogP contribution is 2.34. The Labute approximate surface area is 172 Å². The van der Waals surface area contributed by atoms with Crippen molar-refractivity contribution in [2.45, 2.75) is 13.0 Å². The van der Waals surface area contributed by atoms with E-state index < -0.39 is 23.6 Å². The number of thiocarbonyl (C=S) groups is 1. The van der Waals surface area contributed by atoms with Crippen LogP contribution in [0.2, 0.25) is 0 Å². The molecule has 1 atom stereocenters. The molecule has 8 heteroatoms. The number of rotatable bonds is 6. The lowest BCUT2D eigenvalue weighted by Gasteiger charge is -2.37. The number of hydrogen-bond acceptors (Lipinski definition) is 4. The van der Waals surface area contributed by atoms with E-state index in [9.17, 15) is 13.6 Å². The summed E-state index contributed by atoms with van der Waals surface area (Å²) in [4.78, 5) is 14.6. The van der Waals surface area contributed by atoms with Crippen LogP contribution in [0.1, 0.15) is 18.5 Å². The molecule has 0 fully saturated rings. The summed E-state index contributed by atoms with van der Waals surface area (Å²) >= 11 is 5.51. The van der Waals surface area contributed by atoms with Crippen LogP contribution < -0.4 is 10.2 Å². The number of para-hydroxylation sites is 1. The number of nitrogens with one attached hydrogen (secondary N) is 1. The number of hydrogen-bond donors (Lipinski definition) is 1. The first kappa shape index (κ1) is 20.9. The van der Waals surface area contributed by atoms with E-state index in [2.05, 4.69) is 5.32 Å². The molecule has 1 aliphatic rings. The largest absolute Gasteiger partial charge is 0.460 e. The summed E-state index contributed by atoms with van der Waals surface area (Å²) in [6, 6.07) is 12.0. The molecule has 0 radical (unpaired) electrons. The minimum atomic E-state index is -1.01. The second kappa shape index (κ2) is 9.11. The number of allylic oxidation sites excluding steroid dienone is 1. The van der Waals surface area contributed by atoms with Gasteiger partial charge in [0, 0.05) is 18.5 Å². The van der Waals surface area contributed by atoms with Crippen LogP contribution in [-0.4, -0.2) is 31.4 Å². The van der Waals surface area contributed by atoms with E-state index >= 15 is 0 Å². The third-order valence-corrected chi connectivity index (χ3v) is 4.82. The van der Waals surface area contributed by atoms with Gasteiger partial charge in [0.15, 0.2) is 16.7 Å². The normalized spacial score (nSPS) is 16.6. The minimum Gasteiger partial charge on any atom is -0.460 e.